The number of carbonyl (C=O) groups excluding carboxylic acids is 1. The molecule has 2 atom stereocenters. The minimum Gasteiger partial charge on any atom is -0.380 e. The predicted octanol–water partition coefficient (Wildman–Crippen LogP) is 1.82. The fourth-order valence-electron chi connectivity index (χ4n) is 4.65. The molecule has 26 heavy (non-hydrogen) atoms. The molecule has 3 saturated heterocycles. The minimum atomic E-state index is 0.0714. The van der Waals surface area contributed by atoms with Crippen molar-refractivity contribution in [3.8, 4) is 0 Å². The summed E-state index contributed by atoms with van der Waals surface area (Å²) < 4.78 is 11.7. The van der Waals surface area contributed by atoms with Gasteiger partial charge in [-0.05, 0) is 24.8 Å². The van der Waals surface area contributed by atoms with E-state index >= 15 is 0 Å². The molecule has 0 radical (unpaired) electrons. The van der Waals surface area contributed by atoms with Crippen LogP contribution in [-0.2, 0) is 20.7 Å². The lowest BCUT2D eigenvalue weighted by molar-refractivity contribution is -0.136. The van der Waals surface area contributed by atoms with Gasteiger partial charge in [0.25, 0.3) is 0 Å². The molecule has 5 heteroatoms. The minimum absolute atomic E-state index is 0.0714. The number of carbonyl (C=O) groups is 1. The zero-order valence-electron chi connectivity index (χ0n) is 15.6. The summed E-state index contributed by atoms with van der Waals surface area (Å²) in [4.78, 5) is 16.7. The second-order valence-corrected chi connectivity index (χ2v) is 8.13. The maximum atomic E-state index is 12.2. The third kappa shape index (κ3) is 3.95. The van der Waals surface area contributed by atoms with Gasteiger partial charge in [-0.1, -0.05) is 30.3 Å². The van der Waals surface area contributed by atoms with Crippen LogP contribution in [0, 0.1) is 11.3 Å². The first-order valence-corrected chi connectivity index (χ1v) is 9.95. The molecule has 0 saturated carbocycles. The maximum Gasteiger partial charge on any atom is 0.248 e. The highest BCUT2D eigenvalue weighted by Crippen LogP contribution is 2.41. The van der Waals surface area contributed by atoms with Gasteiger partial charge in [0.2, 0.25) is 5.91 Å². The van der Waals surface area contributed by atoms with Gasteiger partial charge in [0.05, 0.1) is 19.8 Å². The molecule has 0 aromatic heterocycles. The van der Waals surface area contributed by atoms with E-state index in [0.29, 0.717) is 12.5 Å². The summed E-state index contributed by atoms with van der Waals surface area (Å²) in [6, 6.07) is 10.7. The van der Waals surface area contributed by atoms with E-state index < -0.39 is 0 Å². The molecule has 1 aromatic carbocycles. The average Bonchev–Trinajstić information content (AvgIpc) is 3.37. The van der Waals surface area contributed by atoms with Gasteiger partial charge in [0.1, 0.15) is 6.61 Å². The van der Waals surface area contributed by atoms with E-state index in [4.69, 9.17) is 9.47 Å². The molecular formula is C21H30N2O3. The van der Waals surface area contributed by atoms with Gasteiger partial charge in [0, 0.05) is 44.1 Å². The van der Waals surface area contributed by atoms with Crippen LogP contribution in [0.3, 0.4) is 0 Å². The summed E-state index contributed by atoms with van der Waals surface area (Å²) in [6.07, 6.45) is 3.34. The Balaban J connectivity index is 1.26. The van der Waals surface area contributed by atoms with E-state index in [1.54, 1.807) is 0 Å². The Morgan fingerprint density at radius 3 is 2.85 bits per heavy atom. The Bertz CT molecular complexity index is 603. The van der Waals surface area contributed by atoms with Crippen molar-refractivity contribution in [1.29, 1.82) is 0 Å². The second kappa shape index (κ2) is 8.07. The SMILES string of the molecule is O=C(COC[C@@]12COC[C@@H]1CN(CCc1ccccc1)C2)N1CCCC1. The van der Waals surface area contributed by atoms with Crippen molar-refractivity contribution in [2.45, 2.75) is 19.3 Å². The van der Waals surface area contributed by atoms with Gasteiger partial charge in [-0.15, -0.1) is 0 Å². The summed E-state index contributed by atoms with van der Waals surface area (Å²) in [7, 11) is 0. The predicted molar refractivity (Wildman–Crippen MR) is 100.0 cm³/mol. The third-order valence-corrected chi connectivity index (χ3v) is 6.23. The Morgan fingerprint density at radius 2 is 2.04 bits per heavy atom. The van der Waals surface area contributed by atoms with Gasteiger partial charge in [-0.25, -0.2) is 0 Å². The van der Waals surface area contributed by atoms with Crippen LogP contribution in [0.2, 0.25) is 0 Å². The average molecular weight is 358 g/mol. The van der Waals surface area contributed by atoms with Crippen molar-refractivity contribution in [2.75, 3.05) is 59.2 Å². The van der Waals surface area contributed by atoms with Gasteiger partial charge in [-0.3, -0.25) is 4.79 Å². The molecule has 3 aliphatic rings. The maximum absolute atomic E-state index is 12.2. The Hall–Kier alpha value is -1.43. The van der Waals surface area contributed by atoms with Crippen LogP contribution in [0.25, 0.3) is 0 Å². The van der Waals surface area contributed by atoms with Crippen LogP contribution in [0.4, 0.5) is 0 Å². The fraction of sp³-hybridized carbons (Fsp3) is 0.667. The molecule has 3 heterocycles. The van der Waals surface area contributed by atoms with E-state index in [2.05, 4.69) is 35.2 Å². The molecule has 3 aliphatic heterocycles. The van der Waals surface area contributed by atoms with Crippen molar-refractivity contribution < 1.29 is 14.3 Å². The number of rotatable bonds is 7. The Kier molecular flexibility index (Phi) is 5.57. The van der Waals surface area contributed by atoms with E-state index in [-0.39, 0.29) is 17.9 Å². The number of nitrogens with zero attached hydrogens (tertiary/aromatic N) is 2. The normalized spacial score (nSPS) is 28.6. The highest BCUT2D eigenvalue weighted by atomic mass is 16.5. The zero-order chi connectivity index (χ0) is 17.8. The van der Waals surface area contributed by atoms with E-state index in [0.717, 1.165) is 65.2 Å². The Morgan fingerprint density at radius 1 is 1.23 bits per heavy atom. The lowest BCUT2D eigenvalue weighted by Crippen LogP contribution is -2.38. The highest BCUT2D eigenvalue weighted by molar-refractivity contribution is 5.77. The summed E-state index contributed by atoms with van der Waals surface area (Å²) in [5.74, 6) is 0.674. The van der Waals surface area contributed by atoms with Crippen LogP contribution in [0.5, 0.6) is 0 Å². The number of fused-ring (bicyclic) bond motifs is 1. The van der Waals surface area contributed by atoms with E-state index in [1.165, 1.54) is 5.56 Å². The van der Waals surface area contributed by atoms with E-state index in [9.17, 15) is 4.79 Å². The topological polar surface area (TPSA) is 42.0 Å². The summed E-state index contributed by atoms with van der Waals surface area (Å²) in [6.45, 7) is 7.41. The molecule has 4 rings (SSSR count). The fourth-order valence-corrected chi connectivity index (χ4v) is 4.65. The van der Waals surface area contributed by atoms with Crippen LogP contribution in [0.1, 0.15) is 18.4 Å². The first kappa shape index (κ1) is 18.0. The first-order chi connectivity index (χ1) is 12.8. The standard InChI is InChI=1S/C21H30N2O3/c24-20(23-9-4-5-10-23)14-26-17-21-15-22(12-19(21)13-25-16-21)11-8-18-6-2-1-3-7-18/h1-3,6-7,19H,4-5,8-17H2/t19-,21+/m0/s1. The summed E-state index contributed by atoms with van der Waals surface area (Å²) in [5.41, 5.74) is 1.46. The van der Waals surface area contributed by atoms with Crippen molar-refractivity contribution in [3.63, 3.8) is 0 Å². The number of hydrogen-bond acceptors (Lipinski definition) is 4. The number of benzene rings is 1. The van der Waals surface area contributed by atoms with Gasteiger partial charge >= 0.3 is 0 Å². The van der Waals surface area contributed by atoms with E-state index in [1.807, 2.05) is 4.90 Å². The molecule has 0 unspecified atom stereocenters. The summed E-state index contributed by atoms with van der Waals surface area (Å²) >= 11 is 0. The van der Waals surface area contributed by atoms with Gasteiger partial charge in [0.15, 0.2) is 0 Å². The lowest BCUT2D eigenvalue weighted by atomic mass is 9.82. The van der Waals surface area contributed by atoms with Crippen LogP contribution in [-0.4, -0.2) is 74.9 Å². The second-order valence-electron chi connectivity index (χ2n) is 8.13. The molecule has 0 N–H and O–H groups in total. The molecule has 142 valence electrons. The molecular weight excluding hydrogens is 328 g/mol. The molecule has 1 amide bonds. The lowest BCUT2D eigenvalue weighted by Gasteiger charge is -2.27. The largest absolute Gasteiger partial charge is 0.380 e. The smallest absolute Gasteiger partial charge is 0.248 e. The van der Waals surface area contributed by atoms with Crippen molar-refractivity contribution >= 4 is 5.91 Å². The van der Waals surface area contributed by atoms with Crippen molar-refractivity contribution in [3.05, 3.63) is 35.9 Å². The van der Waals surface area contributed by atoms with Gasteiger partial charge < -0.3 is 19.3 Å². The first-order valence-electron chi connectivity index (χ1n) is 9.95. The van der Waals surface area contributed by atoms with Crippen molar-refractivity contribution in [1.82, 2.24) is 9.80 Å². The number of ether oxygens (including phenoxy) is 2. The molecule has 1 aromatic rings. The molecule has 5 nitrogen and oxygen atoms in total. The quantitative estimate of drug-likeness (QED) is 0.746. The Labute approximate surface area is 156 Å². The van der Waals surface area contributed by atoms with Gasteiger partial charge in [-0.2, -0.15) is 0 Å². The summed E-state index contributed by atoms with van der Waals surface area (Å²) in [5, 5.41) is 0. The van der Waals surface area contributed by atoms with Crippen LogP contribution < -0.4 is 0 Å². The zero-order valence-corrected chi connectivity index (χ0v) is 15.6. The number of likely N-dealkylation sites (tertiary alicyclic amines) is 2. The van der Waals surface area contributed by atoms with Crippen LogP contribution >= 0.6 is 0 Å². The molecule has 3 fully saturated rings. The third-order valence-electron chi connectivity index (χ3n) is 6.23. The molecule has 0 bridgehead atoms. The van der Waals surface area contributed by atoms with Crippen molar-refractivity contribution in [2.24, 2.45) is 11.3 Å². The number of hydrogen-bond donors (Lipinski definition) is 0. The monoisotopic (exact) mass is 358 g/mol. The number of amides is 1. The molecule has 0 aliphatic carbocycles. The highest BCUT2D eigenvalue weighted by Gasteiger charge is 2.50. The van der Waals surface area contributed by atoms with Crippen LogP contribution in [0.15, 0.2) is 30.3 Å². The molecule has 0 spiro atoms.